The highest BCUT2D eigenvalue weighted by Gasteiger charge is 2.19. The minimum atomic E-state index is -0.00865. The molecule has 0 radical (unpaired) electrons. The molecule has 0 fully saturated rings. The molecule has 0 rings (SSSR count). The van der Waals surface area contributed by atoms with Gasteiger partial charge in [-0.3, -0.25) is 0 Å². The fourth-order valence-electron chi connectivity index (χ4n) is 3.11. The molecule has 0 aromatic rings. The molecule has 24 heavy (non-hydrogen) atoms. The van der Waals surface area contributed by atoms with Crippen molar-refractivity contribution in [2.24, 2.45) is 0 Å². The Balaban J connectivity index is 3.32. The van der Waals surface area contributed by atoms with Gasteiger partial charge in [-0.2, -0.15) is 0 Å². The summed E-state index contributed by atoms with van der Waals surface area (Å²) in [5.41, 5.74) is 0. The van der Waals surface area contributed by atoms with Gasteiger partial charge in [0.2, 0.25) is 0 Å². The zero-order chi connectivity index (χ0) is 18.0. The van der Waals surface area contributed by atoms with Crippen LogP contribution in [0.1, 0.15) is 111 Å². The summed E-state index contributed by atoms with van der Waals surface area (Å²) >= 11 is 12.4. The lowest BCUT2D eigenvalue weighted by molar-refractivity contribution is 0.0174. The molecule has 0 amide bonds. The van der Waals surface area contributed by atoms with Gasteiger partial charge in [0.15, 0.2) is 0 Å². The summed E-state index contributed by atoms with van der Waals surface area (Å²) in [5.74, 6) is 0.491. The largest absolute Gasteiger partial charge is 0.373 e. The van der Waals surface area contributed by atoms with E-state index >= 15 is 0 Å². The van der Waals surface area contributed by atoms with E-state index in [4.69, 9.17) is 27.9 Å². The SMILES string of the molecule is CCCCCCCCCCCCCCCC(Cl)C(CCl)OC(C)C. The van der Waals surface area contributed by atoms with Crippen molar-refractivity contribution >= 4 is 23.2 Å². The Hall–Kier alpha value is 0.540. The molecule has 0 aliphatic rings. The van der Waals surface area contributed by atoms with Crippen molar-refractivity contribution in [2.45, 2.75) is 128 Å². The average Bonchev–Trinajstić information content (AvgIpc) is 2.56. The van der Waals surface area contributed by atoms with Gasteiger partial charge in [-0.15, -0.1) is 23.2 Å². The van der Waals surface area contributed by atoms with Crippen molar-refractivity contribution < 1.29 is 4.74 Å². The van der Waals surface area contributed by atoms with E-state index in [-0.39, 0.29) is 17.6 Å². The van der Waals surface area contributed by atoms with Crippen LogP contribution >= 0.6 is 23.2 Å². The summed E-state index contributed by atoms with van der Waals surface area (Å²) < 4.78 is 5.76. The van der Waals surface area contributed by atoms with Gasteiger partial charge in [-0.1, -0.05) is 90.4 Å². The number of halogens is 2. The van der Waals surface area contributed by atoms with Crippen LogP contribution in [0.25, 0.3) is 0 Å². The summed E-state index contributed by atoms with van der Waals surface area (Å²) in [5, 5.41) is 0.0533. The van der Waals surface area contributed by atoms with Gasteiger partial charge in [0.05, 0.1) is 23.5 Å². The van der Waals surface area contributed by atoms with Gasteiger partial charge in [0.1, 0.15) is 0 Å². The van der Waals surface area contributed by atoms with E-state index in [2.05, 4.69) is 6.92 Å². The van der Waals surface area contributed by atoms with Gasteiger partial charge in [0, 0.05) is 0 Å². The average molecular weight is 381 g/mol. The third kappa shape index (κ3) is 16.0. The first-order chi connectivity index (χ1) is 11.6. The standard InChI is InChI=1S/C21H42Cl2O/c1-4-5-6-7-8-9-10-11-12-13-14-15-16-17-20(23)21(18-22)24-19(2)3/h19-21H,4-18H2,1-3H3. The van der Waals surface area contributed by atoms with Gasteiger partial charge in [-0.25, -0.2) is 0 Å². The molecule has 0 bridgehead atoms. The molecule has 0 heterocycles. The molecule has 0 aliphatic carbocycles. The molecule has 1 nitrogen and oxygen atoms in total. The predicted molar refractivity (Wildman–Crippen MR) is 111 cm³/mol. The summed E-state index contributed by atoms with van der Waals surface area (Å²) in [6.45, 7) is 6.35. The molecule has 0 aliphatic heterocycles. The van der Waals surface area contributed by atoms with E-state index in [1.807, 2.05) is 13.8 Å². The van der Waals surface area contributed by atoms with Gasteiger partial charge in [-0.05, 0) is 20.3 Å². The molecule has 0 aromatic heterocycles. The third-order valence-electron chi connectivity index (χ3n) is 4.59. The monoisotopic (exact) mass is 380 g/mol. The van der Waals surface area contributed by atoms with Gasteiger partial charge >= 0.3 is 0 Å². The fraction of sp³-hybridized carbons (Fsp3) is 1.00. The maximum atomic E-state index is 6.42. The van der Waals surface area contributed by atoms with Crippen LogP contribution in [0.5, 0.6) is 0 Å². The first-order valence-corrected chi connectivity index (χ1v) is 11.4. The third-order valence-corrected chi connectivity index (χ3v) is 5.39. The number of hydrogen-bond acceptors (Lipinski definition) is 1. The van der Waals surface area contributed by atoms with Crippen molar-refractivity contribution in [2.75, 3.05) is 5.88 Å². The van der Waals surface area contributed by atoms with E-state index < -0.39 is 0 Å². The molecule has 0 N–H and O–H groups in total. The minimum Gasteiger partial charge on any atom is -0.373 e. The van der Waals surface area contributed by atoms with Crippen LogP contribution in [-0.2, 0) is 4.74 Å². The lowest BCUT2D eigenvalue weighted by Crippen LogP contribution is -2.29. The van der Waals surface area contributed by atoms with Crippen LogP contribution in [0.2, 0.25) is 0 Å². The normalized spacial score (nSPS) is 14.2. The second-order valence-corrected chi connectivity index (χ2v) is 8.29. The van der Waals surface area contributed by atoms with E-state index in [1.54, 1.807) is 0 Å². The topological polar surface area (TPSA) is 9.23 Å². The molecule has 3 heteroatoms. The molecule has 2 atom stereocenters. The number of ether oxygens (including phenoxy) is 1. The fourth-order valence-corrected chi connectivity index (χ4v) is 3.79. The molecule has 0 aromatic carbocycles. The Labute approximate surface area is 162 Å². The van der Waals surface area contributed by atoms with Crippen molar-refractivity contribution in [1.82, 2.24) is 0 Å². The Bertz CT molecular complexity index is 246. The Morgan fingerprint density at radius 3 is 1.50 bits per heavy atom. The quantitative estimate of drug-likeness (QED) is 0.172. The Morgan fingerprint density at radius 2 is 1.12 bits per heavy atom. The predicted octanol–water partition coefficient (Wildman–Crippen LogP) is 8.11. The van der Waals surface area contributed by atoms with Crippen LogP contribution in [0.15, 0.2) is 0 Å². The molecule has 0 saturated heterocycles. The second-order valence-electron chi connectivity index (χ2n) is 7.42. The molecule has 146 valence electrons. The molecule has 2 unspecified atom stereocenters. The van der Waals surface area contributed by atoms with Crippen LogP contribution in [0.4, 0.5) is 0 Å². The van der Waals surface area contributed by atoms with Crippen molar-refractivity contribution in [1.29, 1.82) is 0 Å². The summed E-state index contributed by atoms with van der Waals surface area (Å²) in [6, 6.07) is 0. The maximum Gasteiger partial charge on any atom is 0.0877 e. The number of hydrogen-bond donors (Lipinski definition) is 0. The van der Waals surface area contributed by atoms with Crippen molar-refractivity contribution in [3.8, 4) is 0 Å². The molecule has 0 saturated carbocycles. The van der Waals surface area contributed by atoms with Crippen molar-refractivity contribution in [3.63, 3.8) is 0 Å². The highest BCUT2D eigenvalue weighted by Crippen LogP contribution is 2.19. The number of rotatable bonds is 18. The molecular formula is C21H42Cl2O. The molecule has 0 spiro atoms. The van der Waals surface area contributed by atoms with Crippen LogP contribution in [-0.4, -0.2) is 23.5 Å². The zero-order valence-electron chi connectivity index (χ0n) is 16.5. The smallest absolute Gasteiger partial charge is 0.0877 e. The van der Waals surface area contributed by atoms with E-state index in [0.29, 0.717) is 5.88 Å². The van der Waals surface area contributed by atoms with Crippen LogP contribution in [0, 0.1) is 0 Å². The Kier molecular flexibility index (Phi) is 18.7. The van der Waals surface area contributed by atoms with Crippen LogP contribution < -0.4 is 0 Å². The van der Waals surface area contributed by atoms with Gasteiger partial charge < -0.3 is 4.74 Å². The van der Waals surface area contributed by atoms with E-state index in [9.17, 15) is 0 Å². The van der Waals surface area contributed by atoms with Crippen LogP contribution in [0.3, 0.4) is 0 Å². The highest BCUT2D eigenvalue weighted by molar-refractivity contribution is 6.23. The summed E-state index contributed by atoms with van der Waals surface area (Å²) in [6.07, 6.45) is 19.2. The Morgan fingerprint density at radius 1 is 0.708 bits per heavy atom. The number of unbranched alkanes of at least 4 members (excludes halogenated alkanes) is 12. The van der Waals surface area contributed by atoms with E-state index in [1.165, 1.54) is 83.5 Å². The maximum absolute atomic E-state index is 6.42. The van der Waals surface area contributed by atoms with Gasteiger partial charge in [0.25, 0.3) is 0 Å². The first-order valence-electron chi connectivity index (χ1n) is 10.5. The summed E-state index contributed by atoms with van der Waals surface area (Å²) in [4.78, 5) is 0. The first kappa shape index (κ1) is 24.5. The summed E-state index contributed by atoms with van der Waals surface area (Å²) in [7, 11) is 0. The minimum absolute atomic E-state index is 0.00865. The van der Waals surface area contributed by atoms with E-state index in [0.717, 1.165) is 6.42 Å². The zero-order valence-corrected chi connectivity index (χ0v) is 18.0. The van der Waals surface area contributed by atoms with Crippen molar-refractivity contribution in [3.05, 3.63) is 0 Å². The lowest BCUT2D eigenvalue weighted by atomic mass is 10.0. The molecular weight excluding hydrogens is 339 g/mol. The second kappa shape index (κ2) is 18.3. The highest BCUT2D eigenvalue weighted by atomic mass is 35.5. The number of alkyl halides is 2. The lowest BCUT2D eigenvalue weighted by Gasteiger charge is -2.22.